The summed E-state index contributed by atoms with van der Waals surface area (Å²) in [4.78, 5) is 30.6. The number of carbonyl (C=O) groups excluding carboxylic acids is 1. The zero-order chi connectivity index (χ0) is 26.5. The Hall–Kier alpha value is -2.79. The number of aryl methyl sites for hydroxylation is 1. The molecule has 0 aliphatic carbocycles. The highest BCUT2D eigenvalue weighted by molar-refractivity contribution is 6.76. The monoisotopic (exact) mass is 529 g/mol. The molecule has 1 unspecified atom stereocenters. The van der Waals surface area contributed by atoms with Gasteiger partial charge >= 0.3 is 6.09 Å². The summed E-state index contributed by atoms with van der Waals surface area (Å²) < 4.78 is 11.9. The molecule has 1 aromatic rings. The highest BCUT2D eigenvalue weighted by atomic mass is 28.3. The van der Waals surface area contributed by atoms with E-state index in [1.165, 1.54) is 9.91 Å². The van der Waals surface area contributed by atoms with Gasteiger partial charge in [0.15, 0.2) is 5.84 Å². The molecule has 1 atom stereocenters. The smallest absolute Gasteiger partial charge is 0.407 e. The van der Waals surface area contributed by atoms with Crippen LogP contribution in [0, 0.1) is 6.92 Å². The molecule has 1 spiro atoms. The van der Waals surface area contributed by atoms with E-state index < -0.39 is 20.2 Å². The average Bonchev–Trinajstić information content (AvgIpc) is 2.83. The van der Waals surface area contributed by atoms with Crippen LogP contribution in [0.3, 0.4) is 0 Å². The molecule has 11 heteroatoms. The van der Waals surface area contributed by atoms with Crippen LogP contribution in [0.15, 0.2) is 17.2 Å². The molecule has 1 N–H and O–H groups in total. The first kappa shape index (κ1) is 25.8. The lowest BCUT2D eigenvalue weighted by atomic mass is 9.75. The number of anilines is 2. The molecule has 0 aromatic heterocycles. The standard InChI is InChI=1S/C26H39N5O5Si/c1-18-14-22-21(15-20(18)29-11-8-26(29)6-9-28(10-7-26)25(33)34)31-19(2)24(32)30(27-23(31)16-36-22)17-35-12-13-37(3,4)5/h14-15,19H,6-13,16-17H2,1-5H3,(H,33,34). The van der Waals surface area contributed by atoms with E-state index in [0.29, 0.717) is 32.1 Å². The van der Waals surface area contributed by atoms with Crippen LogP contribution >= 0.6 is 0 Å². The fourth-order valence-corrected chi connectivity index (χ4v) is 6.56. The highest BCUT2D eigenvalue weighted by Gasteiger charge is 2.48. The maximum atomic E-state index is 13.3. The van der Waals surface area contributed by atoms with E-state index >= 15 is 0 Å². The van der Waals surface area contributed by atoms with Crippen LogP contribution in [0.25, 0.3) is 0 Å². The molecule has 5 rings (SSSR count). The van der Waals surface area contributed by atoms with Crippen molar-refractivity contribution in [2.75, 3.05) is 49.4 Å². The van der Waals surface area contributed by atoms with Crippen molar-refractivity contribution in [3.63, 3.8) is 0 Å². The van der Waals surface area contributed by atoms with Gasteiger partial charge in [0.2, 0.25) is 0 Å². The number of amidine groups is 1. The van der Waals surface area contributed by atoms with Crippen LogP contribution in [0.2, 0.25) is 25.7 Å². The van der Waals surface area contributed by atoms with Crippen LogP contribution in [-0.2, 0) is 9.53 Å². The molecular weight excluding hydrogens is 490 g/mol. The van der Waals surface area contributed by atoms with Gasteiger partial charge in [0.05, 0.1) is 5.69 Å². The minimum absolute atomic E-state index is 0.00915. The maximum absolute atomic E-state index is 13.3. The van der Waals surface area contributed by atoms with Crippen molar-refractivity contribution in [3.8, 4) is 5.75 Å². The van der Waals surface area contributed by atoms with Gasteiger partial charge in [-0.1, -0.05) is 19.6 Å². The van der Waals surface area contributed by atoms with Crippen molar-refractivity contribution >= 4 is 37.3 Å². The van der Waals surface area contributed by atoms with E-state index in [-0.39, 0.29) is 18.2 Å². The number of rotatable bonds is 6. The van der Waals surface area contributed by atoms with E-state index in [4.69, 9.17) is 9.47 Å². The summed E-state index contributed by atoms with van der Waals surface area (Å²) in [7, 11) is -1.21. The molecule has 4 heterocycles. The van der Waals surface area contributed by atoms with Crippen molar-refractivity contribution in [2.24, 2.45) is 5.10 Å². The Balaban J connectivity index is 1.36. The maximum Gasteiger partial charge on any atom is 0.407 e. The average molecular weight is 530 g/mol. The fraction of sp³-hybridized carbons (Fsp3) is 0.654. The lowest BCUT2D eigenvalue weighted by Gasteiger charge is -2.58. The van der Waals surface area contributed by atoms with Gasteiger partial charge in [0.1, 0.15) is 25.1 Å². The van der Waals surface area contributed by atoms with E-state index in [1.54, 1.807) is 0 Å². The SMILES string of the molecule is Cc1cc2c(cc1N1CCC13CCN(C(=O)O)CC3)N1C(=NN(COCC[Si](C)(C)C)C(=O)C1C)CO2. The Kier molecular flexibility index (Phi) is 6.64. The topological polar surface area (TPSA) is 98.2 Å². The molecule has 2 saturated heterocycles. The molecule has 4 aliphatic heterocycles. The fourth-order valence-electron chi connectivity index (χ4n) is 5.80. The van der Waals surface area contributed by atoms with Gasteiger partial charge in [-0.2, -0.15) is 5.10 Å². The Morgan fingerprint density at radius 2 is 1.89 bits per heavy atom. The number of nitrogens with zero attached hydrogens (tertiary/aromatic N) is 5. The second-order valence-electron chi connectivity index (χ2n) is 11.9. The van der Waals surface area contributed by atoms with Gasteiger partial charge in [0, 0.05) is 45.5 Å². The van der Waals surface area contributed by atoms with E-state index in [2.05, 4.69) is 48.7 Å². The number of fused-ring (bicyclic) bond motifs is 3. The van der Waals surface area contributed by atoms with E-state index in [0.717, 1.165) is 54.5 Å². The Labute approximate surface area is 219 Å². The lowest BCUT2D eigenvalue weighted by Crippen LogP contribution is -2.65. The van der Waals surface area contributed by atoms with Gasteiger partial charge in [-0.15, -0.1) is 0 Å². The minimum Gasteiger partial charge on any atom is -0.483 e. The number of carboxylic acid groups (broad SMARTS) is 1. The first-order valence-electron chi connectivity index (χ1n) is 13.3. The van der Waals surface area contributed by atoms with Gasteiger partial charge < -0.3 is 29.3 Å². The van der Waals surface area contributed by atoms with Gasteiger partial charge in [-0.25, -0.2) is 9.80 Å². The highest BCUT2D eigenvalue weighted by Crippen LogP contribution is 2.48. The lowest BCUT2D eigenvalue weighted by molar-refractivity contribution is -0.138. The molecular formula is C26H39N5O5Si. The van der Waals surface area contributed by atoms with Crippen LogP contribution in [0.4, 0.5) is 16.2 Å². The van der Waals surface area contributed by atoms with Crippen molar-refractivity contribution in [1.82, 2.24) is 9.91 Å². The molecule has 0 bridgehead atoms. The van der Waals surface area contributed by atoms with E-state index in [9.17, 15) is 14.7 Å². The van der Waals surface area contributed by atoms with Crippen LogP contribution < -0.4 is 14.5 Å². The molecule has 0 radical (unpaired) electrons. The summed E-state index contributed by atoms with van der Waals surface area (Å²) in [5, 5.41) is 15.4. The predicted octanol–water partition coefficient (Wildman–Crippen LogP) is 3.77. The molecule has 2 amide bonds. The van der Waals surface area contributed by atoms with Crippen molar-refractivity contribution in [2.45, 2.75) is 70.4 Å². The number of benzene rings is 1. The third-order valence-corrected chi connectivity index (χ3v) is 9.95. The van der Waals surface area contributed by atoms with Gasteiger partial charge in [-0.3, -0.25) is 4.79 Å². The summed E-state index contributed by atoms with van der Waals surface area (Å²) >= 11 is 0. The molecule has 2 fully saturated rings. The molecule has 202 valence electrons. The quantitative estimate of drug-likeness (QED) is 0.442. The number of hydrazone groups is 1. The zero-order valence-corrected chi connectivity index (χ0v) is 23.6. The van der Waals surface area contributed by atoms with E-state index in [1.807, 2.05) is 11.8 Å². The number of hydrogen-bond acceptors (Lipinski definition) is 7. The largest absolute Gasteiger partial charge is 0.483 e. The Bertz CT molecular complexity index is 1110. The third-order valence-electron chi connectivity index (χ3n) is 8.25. The summed E-state index contributed by atoms with van der Waals surface area (Å²) in [6, 6.07) is 4.81. The third kappa shape index (κ3) is 4.79. The second kappa shape index (κ2) is 9.50. The first-order chi connectivity index (χ1) is 17.5. The van der Waals surface area contributed by atoms with Gasteiger partial charge in [0.25, 0.3) is 5.91 Å². The summed E-state index contributed by atoms with van der Waals surface area (Å²) in [6.45, 7) is 14.0. The summed E-state index contributed by atoms with van der Waals surface area (Å²) in [5.74, 6) is 1.37. The first-order valence-corrected chi connectivity index (χ1v) is 17.0. The van der Waals surface area contributed by atoms with Gasteiger partial charge in [-0.05, 0) is 56.9 Å². The van der Waals surface area contributed by atoms with Crippen LogP contribution in [-0.4, -0.2) is 92.1 Å². The number of ether oxygens (including phenoxy) is 2. The second-order valence-corrected chi connectivity index (χ2v) is 17.6. The number of carbonyl (C=O) groups is 2. The van der Waals surface area contributed by atoms with Crippen LogP contribution in [0.5, 0.6) is 5.75 Å². The molecule has 37 heavy (non-hydrogen) atoms. The number of piperidine rings is 1. The number of hydrogen-bond donors (Lipinski definition) is 1. The van der Waals surface area contributed by atoms with Crippen molar-refractivity contribution in [3.05, 3.63) is 17.7 Å². The molecule has 0 saturated carbocycles. The van der Waals surface area contributed by atoms with Crippen LogP contribution in [0.1, 0.15) is 31.7 Å². The zero-order valence-electron chi connectivity index (χ0n) is 22.6. The minimum atomic E-state index is -1.21. The molecule has 10 nitrogen and oxygen atoms in total. The van der Waals surface area contributed by atoms with Crippen molar-refractivity contribution < 1.29 is 24.2 Å². The normalized spacial score (nSPS) is 22.8. The Morgan fingerprint density at radius 3 is 2.51 bits per heavy atom. The summed E-state index contributed by atoms with van der Waals surface area (Å²) in [5.41, 5.74) is 3.09. The molecule has 4 aliphatic rings. The number of likely N-dealkylation sites (tertiary alicyclic amines) is 1. The summed E-state index contributed by atoms with van der Waals surface area (Å²) in [6.07, 6.45) is 1.87. The molecule has 1 aromatic carbocycles. The number of amides is 2. The Morgan fingerprint density at radius 1 is 1.19 bits per heavy atom. The van der Waals surface area contributed by atoms with Crippen molar-refractivity contribution in [1.29, 1.82) is 0 Å². The predicted molar refractivity (Wildman–Crippen MR) is 145 cm³/mol.